The van der Waals surface area contributed by atoms with Gasteiger partial charge in [0.1, 0.15) is 5.82 Å². The molecule has 1 fully saturated rings. The van der Waals surface area contributed by atoms with Crippen molar-refractivity contribution in [1.82, 2.24) is 14.8 Å². The Morgan fingerprint density at radius 2 is 1.85 bits per heavy atom. The summed E-state index contributed by atoms with van der Waals surface area (Å²) in [5.74, 6) is -1.27. The van der Waals surface area contributed by atoms with Crippen LogP contribution in [0.2, 0.25) is 0 Å². The first-order valence-electron chi connectivity index (χ1n) is 8.24. The van der Waals surface area contributed by atoms with Gasteiger partial charge in [-0.15, -0.1) is 0 Å². The minimum Gasteiger partial charge on any atom is -0.384 e. The molecule has 0 saturated carbocycles. The Kier molecular flexibility index (Phi) is 3.61. The van der Waals surface area contributed by atoms with E-state index >= 15 is 0 Å². The molecule has 1 saturated heterocycles. The Morgan fingerprint density at radius 3 is 2.58 bits per heavy atom. The Labute approximate surface area is 148 Å². The monoisotopic (exact) mass is 352 g/mol. The maximum Gasteiger partial charge on any atom is 0.262 e. The third kappa shape index (κ3) is 2.38. The molecule has 3 N–H and O–H groups in total. The average Bonchev–Trinajstić information content (AvgIpc) is 3.12. The van der Waals surface area contributed by atoms with Crippen molar-refractivity contribution in [3.63, 3.8) is 0 Å². The van der Waals surface area contributed by atoms with Crippen molar-refractivity contribution in [1.29, 1.82) is 0 Å². The summed E-state index contributed by atoms with van der Waals surface area (Å²) in [5.41, 5.74) is 6.80. The molecule has 0 aliphatic carbocycles. The van der Waals surface area contributed by atoms with Gasteiger partial charge in [-0.2, -0.15) is 0 Å². The van der Waals surface area contributed by atoms with Gasteiger partial charge >= 0.3 is 0 Å². The fourth-order valence-corrected chi connectivity index (χ4v) is 3.47. The quantitative estimate of drug-likeness (QED) is 0.777. The third-order valence-corrected chi connectivity index (χ3v) is 4.72. The Morgan fingerprint density at radius 1 is 1.08 bits per heavy atom. The lowest BCUT2D eigenvalue weighted by Gasteiger charge is -2.20. The predicted molar refractivity (Wildman–Crippen MR) is 92.9 cm³/mol. The number of pyridine rings is 1. The molecule has 8 heteroatoms. The number of aromatic nitrogens is 1. The van der Waals surface area contributed by atoms with Crippen LogP contribution in [0.3, 0.4) is 0 Å². The zero-order valence-corrected chi connectivity index (χ0v) is 13.8. The summed E-state index contributed by atoms with van der Waals surface area (Å²) < 4.78 is 1.22. The van der Waals surface area contributed by atoms with Crippen LogP contribution in [0.25, 0.3) is 5.69 Å². The molecule has 26 heavy (non-hydrogen) atoms. The minimum atomic E-state index is -0.628. The number of hydrogen-bond acceptors (Lipinski definition) is 5. The van der Waals surface area contributed by atoms with Crippen LogP contribution < -0.4 is 16.6 Å². The highest BCUT2D eigenvalue weighted by atomic mass is 16.2. The van der Waals surface area contributed by atoms with Gasteiger partial charge in [-0.25, -0.2) is 0 Å². The van der Waals surface area contributed by atoms with Crippen LogP contribution in [0.5, 0.6) is 0 Å². The van der Waals surface area contributed by atoms with E-state index in [0.29, 0.717) is 25.2 Å². The normalized spacial score (nSPS) is 16.2. The number of nitrogens with two attached hydrogens (primary N) is 1. The molecule has 2 aliphatic heterocycles. The largest absolute Gasteiger partial charge is 0.384 e. The second-order valence-corrected chi connectivity index (χ2v) is 6.32. The van der Waals surface area contributed by atoms with Crippen molar-refractivity contribution < 1.29 is 14.4 Å². The van der Waals surface area contributed by atoms with E-state index in [4.69, 9.17) is 5.73 Å². The molecule has 0 atom stereocenters. The molecule has 2 aromatic rings. The van der Waals surface area contributed by atoms with Crippen molar-refractivity contribution in [2.24, 2.45) is 0 Å². The van der Waals surface area contributed by atoms with Crippen LogP contribution in [0.1, 0.15) is 39.1 Å². The summed E-state index contributed by atoms with van der Waals surface area (Å²) in [4.78, 5) is 50.1. The number of fused-ring (bicyclic) bond motifs is 1. The summed E-state index contributed by atoms with van der Waals surface area (Å²) in [6.45, 7) is 1.02. The van der Waals surface area contributed by atoms with Gasteiger partial charge in [-0.05, 0) is 18.1 Å². The fourth-order valence-electron chi connectivity index (χ4n) is 3.47. The number of benzene rings is 1. The number of hydrogen-bond donors (Lipinski definition) is 2. The lowest BCUT2D eigenvalue weighted by atomic mass is 10.1. The minimum absolute atomic E-state index is 0.00153. The standard InChI is InChI=1S/C18H16N4O4/c19-16-15-11(17(25)20-18(15)26)8-14(24)22(16)12-5-2-1-4-10(12)9-21-7-3-6-13(21)23/h1-2,4-5,8H,3,6-7,9,19H2,(H,20,25,26). The van der Waals surface area contributed by atoms with Gasteiger partial charge in [0.25, 0.3) is 17.4 Å². The number of likely N-dealkylation sites (tertiary alicyclic amines) is 1. The Balaban J connectivity index is 1.86. The number of nitrogens with one attached hydrogen (secondary N) is 1. The smallest absolute Gasteiger partial charge is 0.262 e. The maximum atomic E-state index is 12.6. The first-order chi connectivity index (χ1) is 12.5. The molecular weight excluding hydrogens is 336 g/mol. The molecule has 3 heterocycles. The van der Waals surface area contributed by atoms with Crippen molar-refractivity contribution in [3.8, 4) is 5.69 Å². The number of anilines is 1. The van der Waals surface area contributed by atoms with Gasteiger partial charge in [0.15, 0.2) is 0 Å². The maximum absolute atomic E-state index is 12.6. The number of nitrogens with zero attached hydrogens (tertiary/aromatic N) is 2. The van der Waals surface area contributed by atoms with E-state index in [9.17, 15) is 19.2 Å². The summed E-state index contributed by atoms with van der Waals surface area (Å²) in [6.07, 6.45) is 1.33. The zero-order valence-electron chi connectivity index (χ0n) is 13.8. The second-order valence-electron chi connectivity index (χ2n) is 6.32. The molecule has 3 amide bonds. The van der Waals surface area contributed by atoms with Crippen LogP contribution in [0.15, 0.2) is 35.1 Å². The first-order valence-corrected chi connectivity index (χ1v) is 8.24. The number of carbonyl (C=O) groups excluding carboxylic acids is 3. The van der Waals surface area contributed by atoms with Crippen molar-refractivity contribution in [2.45, 2.75) is 19.4 Å². The van der Waals surface area contributed by atoms with E-state index in [2.05, 4.69) is 5.32 Å². The number of rotatable bonds is 3. The van der Waals surface area contributed by atoms with Crippen LogP contribution in [0.4, 0.5) is 5.82 Å². The van der Waals surface area contributed by atoms with Gasteiger partial charge in [-0.1, -0.05) is 18.2 Å². The molecule has 0 unspecified atom stereocenters. The van der Waals surface area contributed by atoms with E-state index in [0.717, 1.165) is 18.1 Å². The lowest BCUT2D eigenvalue weighted by molar-refractivity contribution is -0.128. The summed E-state index contributed by atoms with van der Waals surface area (Å²) in [7, 11) is 0. The van der Waals surface area contributed by atoms with Crippen LogP contribution in [-0.2, 0) is 11.3 Å². The van der Waals surface area contributed by atoms with Gasteiger partial charge in [0.05, 0.1) is 16.8 Å². The highest BCUT2D eigenvalue weighted by Crippen LogP contribution is 2.25. The number of carbonyl (C=O) groups is 3. The zero-order chi connectivity index (χ0) is 18.4. The number of nitrogen functional groups attached to an aromatic ring is 1. The highest BCUT2D eigenvalue weighted by Gasteiger charge is 2.32. The topological polar surface area (TPSA) is 114 Å². The van der Waals surface area contributed by atoms with E-state index < -0.39 is 17.4 Å². The van der Waals surface area contributed by atoms with Crippen LogP contribution in [0, 0.1) is 0 Å². The van der Waals surface area contributed by atoms with E-state index in [1.54, 1.807) is 17.0 Å². The molecule has 4 rings (SSSR count). The SMILES string of the molecule is Nc1c2c(cc(=O)n1-c1ccccc1CN1CCCC1=O)C(=O)NC2=O. The molecule has 0 radical (unpaired) electrons. The summed E-state index contributed by atoms with van der Waals surface area (Å²) in [6, 6.07) is 8.18. The number of amides is 3. The molecule has 8 nitrogen and oxygen atoms in total. The highest BCUT2D eigenvalue weighted by molar-refractivity contribution is 6.23. The van der Waals surface area contributed by atoms with Crippen molar-refractivity contribution in [3.05, 3.63) is 57.4 Å². The Hall–Kier alpha value is -3.42. The van der Waals surface area contributed by atoms with Gasteiger partial charge < -0.3 is 10.6 Å². The molecule has 1 aromatic carbocycles. The van der Waals surface area contributed by atoms with Crippen LogP contribution in [-0.4, -0.2) is 33.7 Å². The number of imide groups is 1. The predicted octanol–water partition coefficient (Wildman–Crippen LogP) is 0.426. The molecule has 1 aromatic heterocycles. The van der Waals surface area contributed by atoms with Gasteiger partial charge in [0, 0.05) is 25.6 Å². The third-order valence-electron chi connectivity index (χ3n) is 4.72. The van der Waals surface area contributed by atoms with E-state index in [-0.39, 0.29) is 22.9 Å². The summed E-state index contributed by atoms with van der Waals surface area (Å²) in [5, 5.41) is 2.15. The number of para-hydroxylation sites is 1. The fraction of sp³-hybridized carbons (Fsp3) is 0.222. The van der Waals surface area contributed by atoms with Gasteiger partial charge in [-0.3, -0.25) is 29.1 Å². The van der Waals surface area contributed by atoms with Crippen LogP contribution >= 0.6 is 0 Å². The molecule has 0 bridgehead atoms. The molecule has 0 spiro atoms. The van der Waals surface area contributed by atoms with Gasteiger partial charge in [0.2, 0.25) is 5.91 Å². The molecular formula is C18H16N4O4. The summed E-state index contributed by atoms with van der Waals surface area (Å²) >= 11 is 0. The van der Waals surface area contributed by atoms with E-state index in [1.165, 1.54) is 4.57 Å². The molecule has 132 valence electrons. The van der Waals surface area contributed by atoms with Crippen molar-refractivity contribution in [2.75, 3.05) is 12.3 Å². The second kappa shape index (κ2) is 5.83. The first kappa shape index (κ1) is 16.1. The molecule has 2 aliphatic rings. The lowest BCUT2D eigenvalue weighted by Crippen LogP contribution is -2.28. The average molecular weight is 352 g/mol. The van der Waals surface area contributed by atoms with Crippen molar-refractivity contribution >= 4 is 23.5 Å². The van der Waals surface area contributed by atoms with E-state index in [1.807, 2.05) is 12.1 Å². The Bertz CT molecular complexity index is 1020.